The molecule has 2 nitrogen and oxygen atoms in total. The van der Waals surface area contributed by atoms with Crippen LogP contribution in [0, 0.1) is 0 Å². The predicted octanol–water partition coefficient (Wildman–Crippen LogP) is 8.33. The highest BCUT2D eigenvalue weighted by Gasteiger charge is 2.43. The second-order valence-corrected chi connectivity index (χ2v) is 12.5. The molecule has 2 heteroatoms. The Morgan fingerprint density at radius 1 is 0.846 bits per heavy atom. The van der Waals surface area contributed by atoms with E-state index in [0.29, 0.717) is 5.92 Å². The maximum Gasteiger partial charge on any atom is 0.158 e. The molecule has 2 heterocycles. The van der Waals surface area contributed by atoms with Crippen LogP contribution in [-0.2, 0) is 11.8 Å². The Hall–Kier alpha value is -3.78. The van der Waals surface area contributed by atoms with Crippen molar-refractivity contribution in [3.8, 4) is 5.69 Å². The molecule has 5 aromatic rings. The van der Waals surface area contributed by atoms with E-state index in [2.05, 4.69) is 91.3 Å². The van der Waals surface area contributed by atoms with E-state index in [-0.39, 0.29) is 5.41 Å². The van der Waals surface area contributed by atoms with Gasteiger partial charge in [0.2, 0.25) is 0 Å². The van der Waals surface area contributed by atoms with Crippen molar-refractivity contribution in [2.24, 2.45) is 0 Å². The number of benzene rings is 3. The topological polar surface area (TPSA) is 18.1 Å². The van der Waals surface area contributed by atoms with E-state index in [1.54, 1.807) is 11.1 Å². The van der Waals surface area contributed by atoms with Crippen molar-refractivity contribution >= 4 is 50.9 Å². The molecule has 0 radical (unpaired) electrons. The van der Waals surface area contributed by atoms with Crippen molar-refractivity contribution in [1.29, 1.82) is 0 Å². The van der Waals surface area contributed by atoms with Crippen molar-refractivity contribution < 1.29 is 4.42 Å². The fraction of sp³-hybridized carbons (Fsp3) is 0.297. The van der Waals surface area contributed by atoms with Crippen LogP contribution in [0.15, 0.2) is 64.6 Å². The Balaban J connectivity index is 1.43. The van der Waals surface area contributed by atoms with Crippen LogP contribution in [0.25, 0.3) is 56.6 Å². The molecule has 9 rings (SSSR count). The number of allylic oxidation sites excluding steroid dienone is 3. The Bertz CT molecular complexity index is 2070. The summed E-state index contributed by atoms with van der Waals surface area (Å²) in [5, 5.41) is 8.10. The third-order valence-electron chi connectivity index (χ3n) is 10.2. The van der Waals surface area contributed by atoms with E-state index in [9.17, 15) is 0 Å². The van der Waals surface area contributed by atoms with Crippen LogP contribution in [0.3, 0.4) is 0 Å². The van der Waals surface area contributed by atoms with Crippen molar-refractivity contribution in [2.75, 3.05) is 0 Å². The molecule has 1 unspecified atom stereocenters. The molecule has 0 bridgehead atoms. The summed E-state index contributed by atoms with van der Waals surface area (Å²) in [6, 6.07) is 16.4. The van der Waals surface area contributed by atoms with E-state index in [0.717, 1.165) is 37.0 Å². The van der Waals surface area contributed by atoms with Crippen LogP contribution in [-0.4, -0.2) is 4.57 Å². The fourth-order valence-electron chi connectivity index (χ4n) is 8.44. The van der Waals surface area contributed by atoms with Gasteiger partial charge in [0.1, 0.15) is 5.76 Å². The molecule has 4 aliphatic carbocycles. The lowest BCUT2D eigenvalue weighted by Crippen LogP contribution is -2.30. The standard InChI is InChI=1S/C37H33NO/c1-37(2)29-14-6-3-12-28(29)34-24-18-19-25-22-10-4-7-15-31(22)38(35(25)26(24)20-21-30(34)37)32-16-9-13-27-23-11-5-8-17-33(23)39-36(27)32/h5,9-11,13-16,18-21,28H,3-4,6-8,12,17H2,1-2H3. The predicted molar refractivity (Wildman–Crippen MR) is 163 cm³/mol. The number of hydrogen-bond donors (Lipinski definition) is 0. The number of aromatic nitrogens is 1. The lowest BCUT2D eigenvalue weighted by atomic mass is 9.77. The van der Waals surface area contributed by atoms with Gasteiger partial charge >= 0.3 is 0 Å². The smallest absolute Gasteiger partial charge is 0.158 e. The Kier molecular flexibility index (Phi) is 4.34. The summed E-state index contributed by atoms with van der Waals surface area (Å²) in [6.45, 7) is 4.87. The number of aryl methyl sites for hydroxylation is 1. The highest BCUT2D eigenvalue weighted by atomic mass is 16.3. The van der Waals surface area contributed by atoms with Crippen molar-refractivity contribution in [3.63, 3.8) is 0 Å². The zero-order valence-electron chi connectivity index (χ0n) is 22.8. The van der Waals surface area contributed by atoms with Crippen molar-refractivity contribution in [2.45, 2.75) is 70.1 Å². The maximum absolute atomic E-state index is 6.67. The third-order valence-corrected chi connectivity index (χ3v) is 10.2. The summed E-state index contributed by atoms with van der Waals surface area (Å²) in [5.74, 6) is 1.68. The number of fused-ring (bicyclic) bond motifs is 12. The van der Waals surface area contributed by atoms with Crippen molar-refractivity contribution in [3.05, 3.63) is 93.2 Å². The molecule has 0 saturated carbocycles. The highest BCUT2D eigenvalue weighted by molar-refractivity contribution is 6.10. The molecule has 0 fully saturated rings. The fourth-order valence-corrected chi connectivity index (χ4v) is 8.44. The number of hydrogen-bond acceptors (Lipinski definition) is 1. The monoisotopic (exact) mass is 507 g/mol. The summed E-state index contributed by atoms with van der Waals surface area (Å²) >= 11 is 0. The van der Waals surface area contributed by atoms with Crippen LogP contribution in [0.5, 0.6) is 0 Å². The molecule has 3 aromatic carbocycles. The van der Waals surface area contributed by atoms with E-state index in [4.69, 9.17) is 4.42 Å². The van der Waals surface area contributed by atoms with E-state index < -0.39 is 0 Å². The highest BCUT2D eigenvalue weighted by Crippen LogP contribution is 2.56. The minimum absolute atomic E-state index is 0.110. The lowest BCUT2D eigenvalue weighted by molar-refractivity contribution is 0.545. The van der Waals surface area contributed by atoms with Gasteiger partial charge in [-0.15, -0.1) is 0 Å². The first-order valence-corrected chi connectivity index (χ1v) is 14.9. The average Bonchev–Trinajstić information content (AvgIpc) is 3.59. The van der Waals surface area contributed by atoms with Gasteiger partial charge in [0.25, 0.3) is 0 Å². The molecule has 192 valence electrons. The second kappa shape index (κ2) is 7.66. The molecule has 1 atom stereocenters. The number of para-hydroxylation sites is 1. The minimum atomic E-state index is 0.110. The number of nitrogens with zero attached hydrogens (tertiary/aromatic N) is 1. The minimum Gasteiger partial charge on any atom is -0.458 e. The van der Waals surface area contributed by atoms with Crippen LogP contribution in [0.2, 0.25) is 0 Å². The molecular weight excluding hydrogens is 474 g/mol. The summed E-state index contributed by atoms with van der Waals surface area (Å²) in [4.78, 5) is 0. The van der Waals surface area contributed by atoms with Gasteiger partial charge in [0, 0.05) is 50.0 Å². The van der Waals surface area contributed by atoms with Gasteiger partial charge in [0.15, 0.2) is 5.58 Å². The second-order valence-electron chi connectivity index (χ2n) is 12.5. The zero-order chi connectivity index (χ0) is 25.9. The van der Waals surface area contributed by atoms with Gasteiger partial charge in [-0.1, -0.05) is 86.2 Å². The quantitative estimate of drug-likeness (QED) is 0.209. The van der Waals surface area contributed by atoms with Gasteiger partial charge in [-0.05, 0) is 61.1 Å². The van der Waals surface area contributed by atoms with E-state index >= 15 is 0 Å². The van der Waals surface area contributed by atoms with Crippen molar-refractivity contribution in [1.82, 2.24) is 4.57 Å². The molecule has 0 N–H and O–H groups in total. The molecule has 0 amide bonds. The van der Waals surface area contributed by atoms with Crippen LogP contribution in [0.1, 0.15) is 80.7 Å². The van der Waals surface area contributed by atoms with Crippen LogP contribution < -0.4 is 10.6 Å². The van der Waals surface area contributed by atoms with Gasteiger partial charge in [-0.25, -0.2) is 0 Å². The van der Waals surface area contributed by atoms with Gasteiger partial charge in [-0.3, -0.25) is 0 Å². The number of furan rings is 1. The van der Waals surface area contributed by atoms with E-state index in [1.807, 2.05) is 0 Å². The van der Waals surface area contributed by atoms with Gasteiger partial charge in [0.05, 0.1) is 11.2 Å². The summed E-state index contributed by atoms with van der Waals surface area (Å²) in [5.41, 5.74) is 9.65. The Morgan fingerprint density at radius 3 is 2.67 bits per heavy atom. The third kappa shape index (κ3) is 2.77. The first kappa shape index (κ1) is 22.1. The van der Waals surface area contributed by atoms with E-state index in [1.165, 1.54) is 73.7 Å². The van der Waals surface area contributed by atoms with Gasteiger partial charge in [-0.2, -0.15) is 0 Å². The first-order valence-electron chi connectivity index (χ1n) is 14.9. The average molecular weight is 508 g/mol. The molecule has 39 heavy (non-hydrogen) atoms. The normalized spacial score (nSPS) is 20.8. The summed E-state index contributed by atoms with van der Waals surface area (Å²) in [6.07, 6.45) is 20.0. The zero-order valence-corrected chi connectivity index (χ0v) is 22.8. The largest absolute Gasteiger partial charge is 0.458 e. The summed E-state index contributed by atoms with van der Waals surface area (Å²) in [7, 11) is 0. The SMILES string of the molecule is CC1(C)C2=CCCCC2c2c1ccc1c2ccc2c3c(n(-c4cccc5c6c(oc45)CCC=C6)c21)=CCCC=3. The summed E-state index contributed by atoms with van der Waals surface area (Å²) < 4.78 is 9.20. The molecule has 0 spiro atoms. The Morgan fingerprint density at radius 2 is 1.72 bits per heavy atom. The maximum atomic E-state index is 6.67. The molecule has 0 aliphatic heterocycles. The molecule has 0 saturated heterocycles. The molecular formula is C37H33NO. The molecule has 2 aromatic heterocycles. The number of rotatable bonds is 1. The van der Waals surface area contributed by atoms with Gasteiger partial charge < -0.3 is 8.98 Å². The van der Waals surface area contributed by atoms with Crippen LogP contribution in [0.4, 0.5) is 0 Å². The first-order chi connectivity index (χ1) is 19.1. The van der Waals surface area contributed by atoms with Crippen LogP contribution >= 0.6 is 0 Å². The molecule has 4 aliphatic rings. The lowest BCUT2D eigenvalue weighted by Gasteiger charge is -2.27. The Labute approximate surface area is 228 Å².